The van der Waals surface area contributed by atoms with Crippen LogP contribution in [0.4, 0.5) is 5.69 Å². The van der Waals surface area contributed by atoms with Crippen molar-refractivity contribution in [1.29, 1.82) is 0 Å². The second-order valence-corrected chi connectivity index (χ2v) is 7.91. The van der Waals surface area contributed by atoms with Gasteiger partial charge in [-0.15, -0.1) is 0 Å². The molecular formula is C19H23N5OS. The van der Waals surface area contributed by atoms with E-state index in [1.165, 1.54) is 6.20 Å². The molecule has 1 aromatic heterocycles. The van der Waals surface area contributed by atoms with Crippen LogP contribution in [-0.2, 0) is 9.92 Å². The van der Waals surface area contributed by atoms with Crippen molar-refractivity contribution in [3.05, 3.63) is 66.4 Å². The van der Waals surface area contributed by atoms with E-state index in [4.69, 9.17) is 10.9 Å². The van der Waals surface area contributed by atoms with Crippen molar-refractivity contribution < 1.29 is 4.21 Å². The highest BCUT2D eigenvalue weighted by atomic mass is 32.2. The van der Waals surface area contributed by atoms with E-state index < -0.39 is 9.92 Å². The van der Waals surface area contributed by atoms with Gasteiger partial charge in [-0.05, 0) is 24.1 Å². The molecule has 5 N–H and O–H groups in total. The van der Waals surface area contributed by atoms with Crippen LogP contribution in [0.15, 0.2) is 70.1 Å². The molecular weight excluding hydrogens is 346 g/mol. The zero-order chi connectivity index (χ0) is 18.6. The number of H-pyrrole nitrogens is 1. The lowest BCUT2D eigenvalue weighted by Gasteiger charge is -2.12. The molecule has 2 aromatic carbocycles. The molecule has 0 aliphatic carbocycles. The molecule has 0 saturated heterocycles. The number of aromatic nitrogens is 2. The SMILES string of the molecule is CCCC(N)c1ccc(S(N)(=O)=Nc2cn[nH]c2-c2ccccc2)cc1. The summed E-state index contributed by atoms with van der Waals surface area (Å²) in [7, 11) is -3.09. The average molecular weight is 369 g/mol. The van der Waals surface area contributed by atoms with Gasteiger partial charge in [-0.25, -0.2) is 9.35 Å². The number of aromatic amines is 1. The van der Waals surface area contributed by atoms with E-state index in [0.29, 0.717) is 16.3 Å². The molecule has 0 fully saturated rings. The van der Waals surface area contributed by atoms with Gasteiger partial charge in [-0.2, -0.15) is 9.46 Å². The number of hydrogen-bond acceptors (Lipinski definition) is 4. The molecule has 2 atom stereocenters. The van der Waals surface area contributed by atoms with E-state index in [2.05, 4.69) is 21.5 Å². The van der Waals surface area contributed by atoms with Crippen molar-refractivity contribution in [2.24, 2.45) is 15.2 Å². The second kappa shape index (κ2) is 7.82. The molecule has 26 heavy (non-hydrogen) atoms. The van der Waals surface area contributed by atoms with Crippen molar-refractivity contribution in [1.82, 2.24) is 10.2 Å². The maximum absolute atomic E-state index is 13.0. The molecule has 0 saturated carbocycles. The first kappa shape index (κ1) is 18.3. The molecule has 2 unspecified atom stereocenters. The standard InChI is InChI=1S/C19H23N5OS/c1-2-6-17(20)14-9-11-16(12-10-14)26(21,25)24-18-13-22-23-19(18)15-7-4-3-5-8-15/h3-5,7-13,17H,2,6,20H2,1H3,(H,22,23)(H2,21,24,25). The molecule has 0 spiro atoms. The van der Waals surface area contributed by atoms with Crippen LogP contribution in [0, 0.1) is 0 Å². The Kier molecular flexibility index (Phi) is 5.51. The van der Waals surface area contributed by atoms with Crippen LogP contribution >= 0.6 is 0 Å². The van der Waals surface area contributed by atoms with Crippen molar-refractivity contribution in [3.8, 4) is 11.3 Å². The lowest BCUT2D eigenvalue weighted by atomic mass is 10.0. The van der Waals surface area contributed by atoms with Gasteiger partial charge in [0.25, 0.3) is 0 Å². The average Bonchev–Trinajstić information content (AvgIpc) is 3.10. The molecule has 0 aliphatic heterocycles. The van der Waals surface area contributed by atoms with Gasteiger partial charge >= 0.3 is 0 Å². The van der Waals surface area contributed by atoms with Gasteiger partial charge in [0.15, 0.2) is 0 Å². The van der Waals surface area contributed by atoms with Crippen molar-refractivity contribution in [3.63, 3.8) is 0 Å². The Bertz CT molecular complexity index is 973. The summed E-state index contributed by atoms with van der Waals surface area (Å²) in [4.78, 5) is 0.463. The maximum Gasteiger partial charge on any atom is 0.139 e. The van der Waals surface area contributed by atoms with E-state index in [9.17, 15) is 4.21 Å². The van der Waals surface area contributed by atoms with Gasteiger partial charge in [-0.1, -0.05) is 55.8 Å². The van der Waals surface area contributed by atoms with Crippen LogP contribution in [0.5, 0.6) is 0 Å². The highest BCUT2D eigenvalue weighted by molar-refractivity contribution is 7.91. The summed E-state index contributed by atoms with van der Waals surface area (Å²) < 4.78 is 17.3. The Morgan fingerprint density at radius 2 is 1.85 bits per heavy atom. The van der Waals surface area contributed by atoms with Crippen LogP contribution in [0.3, 0.4) is 0 Å². The first-order valence-corrected chi connectivity index (χ1v) is 10.1. The molecule has 7 heteroatoms. The molecule has 1 heterocycles. The predicted molar refractivity (Wildman–Crippen MR) is 105 cm³/mol. The Morgan fingerprint density at radius 1 is 1.15 bits per heavy atom. The molecule has 136 valence electrons. The number of nitrogens with one attached hydrogen (secondary N) is 1. The fraction of sp³-hybridized carbons (Fsp3) is 0.211. The van der Waals surface area contributed by atoms with E-state index >= 15 is 0 Å². The molecule has 0 bridgehead atoms. The Labute approximate surface area is 153 Å². The van der Waals surface area contributed by atoms with Crippen LogP contribution in [-0.4, -0.2) is 14.4 Å². The predicted octanol–water partition coefficient (Wildman–Crippen LogP) is 3.91. The number of nitrogens with zero attached hydrogens (tertiary/aromatic N) is 2. The molecule has 3 rings (SSSR count). The summed E-state index contributed by atoms with van der Waals surface area (Å²) in [6.07, 6.45) is 3.44. The third-order valence-corrected chi connectivity index (χ3v) is 5.58. The molecule has 3 aromatic rings. The lowest BCUT2D eigenvalue weighted by molar-refractivity contribution is 0.637. The van der Waals surface area contributed by atoms with Crippen molar-refractivity contribution in [2.45, 2.75) is 30.7 Å². The number of rotatable bonds is 6. The Hall–Kier alpha value is -2.48. The summed E-state index contributed by atoms with van der Waals surface area (Å²) >= 11 is 0. The van der Waals surface area contributed by atoms with Gasteiger partial charge in [0, 0.05) is 11.6 Å². The van der Waals surface area contributed by atoms with Gasteiger partial charge in [0.05, 0.1) is 16.8 Å². The number of benzene rings is 2. The number of nitrogens with two attached hydrogens (primary N) is 2. The molecule has 0 aliphatic rings. The smallest absolute Gasteiger partial charge is 0.139 e. The maximum atomic E-state index is 13.0. The first-order chi connectivity index (χ1) is 12.5. The summed E-state index contributed by atoms with van der Waals surface area (Å²) in [5.74, 6) is 0. The molecule has 0 radical (unpaired) electrons. The topological polar surface area (TPSA) is 110 Å². The van der Waals surface area contributed by atoms with Gasteiger partial charge < -0.3 is 5.73 Å². The zero-order valence-electron chi connectivity index (χ0n) is 14.6. The third-order valence-electron chi connectivity index (χ3n) is 4.16. The number of hydrogen-bond donors (Lipinski definition) is 3. The second-order valence-electron chi connectivity index (χ2n) is 6.12. The van der Waals surface area contributed by atoms with Crippen LogP contribution in [0.2, 0.25) is 0 Å². The van der Waals surface area contributed by atoms with Gasteiger partial charge in [-0.3, -0.25) is 5.10 Å². The molecule has 0 amide bonds. The summed E-state index contributed by atoms with van der Waals surface area (Å²) in [6.45, 7) is 2.09. The minimum Gasteiger partial charge on any atom is -0.324 e. The van der Waals surface area contributed by atoms with Gasteiger partial charge in [0.2, 0.25) is 0 Å². The first-order valence-electron chi connectivity index (χ1n) is 8.50. The van der Waals surface area contributed by atoms with Crippen LogP contribution in [0.1, 0.15) is 31.4 Å². The van der Waals surface area contributed by atoms with Crippen LogP contribution < -0.4 is 10.9 Å². The van der Waals surface area contributed by atoms with E-state index in [-0.39, 0.29) is 6.04 Å². The van der Waals surface area contributed by atoms with E-state index in [1.54, 1.807) is 12.1 Å². The van der Waals surface area contributed by atoms with E-state index in [1.807, 2.05) is 42.5 Å². The van der Waals surface area contributed by atoms with Crippen LogP contribution in [0.25, 0.3) is 11.3 Å². The van der Waals surface area contributed by atoms with Crippen molar-refractivity contribution >= 4 is 15.6 Å². The van der Waals surface area contributed by atoms with Crippen molar-refractivity contribution in [2.75, 3.05) is 0 Å². The Morgan fingerprint density at radius 3 is 2.50 bits per heavy atom. The normalized spacial score (nSPS) is 14.6. The minimum atomic E-state index is -3.09. The lowest BCUT2D eigenvalue weighted by Crippen LogP contribution is -2.13. The highest BCUT2D eigenvalue weighted by Gasteiger charge is 2.13. The fourth-order valence-electron chi connectivity index (χ4n) is 2.75. The van der Waals surface area contributed by atoms with Gasteiger partial charge in [0.1, 0.15) is 15.6 Å². The monoisotopic (exact) mass is 369 g/mol. The minimum absolute atomic E-state index is 0.0293. The highest BCUT2D eigenvalue weighted by Crippen LogP contribution is 2.29. The Balaban J connectivity index is 1.94. The largest absolute Gasteiger partial charge is 0.324 e. The third kappa shape index (κ3) is 4.01. The van der Waals surface area contributed by atoms with E-state index in [0.717, 1.165) is 24.0 Å². The summed E-state index contributed by atoms with van der Waals surface area (Å²) in [5, 5.41) is 13.0. The summed E-state index contributed by atoms with van der Waals surface area (Å²) in [6, 6.07) is 16.8. The molecule has 6 nitrogen and oxygen atoms in total. The summed E-state index contributed by atoms with van der Waals surface area (Å²) in [5.41, 5.74) is 9.18. The zero-order valence-corrected chi connectivity index (χ0v) is 15.4. The quantitative estimate of drug-likeness (QED) is 0.612. The fourth-order valence-corrected chi connectivity index (χ4v) is 3.81.